The number of hydrogen-bond acceptors (Lipinski definition) is 5. The average molecular weight is 844 g/mol. The molecule has 0 spiro atoms. The van der Waals surface area contributed by atoms with Crippen LogP contribution in [0.15, 0.2) is 36.5 Å². The van der Waals surface area contributed by atoms with E-state index in [1.165, 1.54) is 161 Å². The third-order valence-corrected chi connectivity index (χ3v) is 11.9. The molecule has 0 aromatic rings. The minimum Gasteiger partial charge on any atom is -0.466 e. The first kappa shape index (κ1) is 58.1. The first-order valence-electron chi connectivity index (χ1n) is 26.3. The number of allylic oxidation sites excluding steroid dienone is 5. The number of hydrogen-bond donors (Lipinski definition) is 3. The predicted molar refractivity (Wildman–Crippen MR) is 259 cm³/mol. The maximum atomic E-state index is 12.4. The number of nitrogens with one attached hydrogen (secondary N) is 1. The van der Waals surface area contributed by atoms with Crippen LogP contribution in [0.5, 0.6) is 0 Å². The molecule has 2 atom stereocenters. The molecule has 352 valence electrons. The van der Waals surface area contributed by atoms with Crippen molar-refractivity contribution in [1.29, 1.82) is 0 Å². The Labute approximate surface area is 373 Å². The highest BCUT2D eigenvalue weighted by Gasteiger charge is 2.18. The zero-order chi connectivity index (χ0) is 43.7. The summed E-state index contributed by atoms with van der Waals surface area (Å²) in [6, 6.07) is -0.650. The zero-order valence-corrected chi connectivity index (χ0v) is 39.9. The van der Waals surface area contributed by atoms with Crippen molar-refractivity contribution in [2.75, 3.05) is 13.2 Å². The van der Waals surface area contributed by atoms with Crippen molar-refractivity contribution >= 4 is 11.9 Å². The number of rotatable bonds is 48. The fraction of sp³-hybridized carbons (Fsp3) is 0.852. The highest BCUT2D eigenvalue weighted by Crippen LogP contribution is 2.16. The quantitative estimate of drug-likeness (QED) is 0.0322. The number of esters is 1. The van der Waals surface area contributed by atoms with Crippen molar-refractivity contribution in [1.82, 2.24) is 5.32 Å². The number of ether oxygens (including phenoxy) is 1. The minimum absolute atomic E-state index is 0.0433. The van der Waals surface area contributed by atoms with Gasteiger partial charge in [-0.15, -0.1) is 0 Å². The molecule has 6 heteroatoms. The summed E-state index contributed by atoms with van der Waals surface area (Å²) in [5.74, 6) is -0.140. The standard InChI is InChI=1S/C54H101NO5/c1-3-5-7-9-11-13-15-17-18-19-20-21-22-23-24-26-30-34-38-42-46-52(57)51(50-56)55-53(58)47-43-39-35-31-27-25-29-33-37-41-45-49-60-54(59)48-44-40-36-32-28-16-14-12-10-8-6-4-2/h12,14,29,33,42,46,51-52,56-57H,3-11,13,15-28,30-32,34-41,43-45,47-50H2,1-2H3,(H,55,58)/b14-12-,33-29-,46-42+. The van der Waals surface area contributed by atoms with Gasteiger partial charge in [0.2, 0.25) is 5.91 Å². The maximum Gasteiger partial charge on any atom is 0.305 e. The SMILES string of the molecule is CCCCC/C=C\CCCCCCCC(=O)OCCCC/C=C\CCCCCCCC(=O)NC(CO)C(O)/C=C/CCCCCCCCCCCCCCCCCCCC. The molecule has 0 bridgehead atoms. The van der Waals surface area contributed by atoms with E-state index in [2.05, 4.69) is 43.5 Å². The van der Waals surface area contributed by atoms with Gasteiger partial charge in [-0.3, -0.25) is 9.59 Å². The third-order valence-electron chi connectivity index (χ3n) is 11.9. The first-order valence-corrected chi connectivity index (χ1v) is 26.3. The summed E-state index contributed by atoms with van der Waals surface area (Å²) in [4.78, 5) is 24.4. The molecule has 0 aromatic carbocycles. The van der Waals surface area contributed by atoms with E-state index in [1.54, 1.807) is 6.08 Å². The van der Waals surface area contributed by atoms with Gasteiger partial charge < -0.3 is 20.3 Å². The second kappa shape index (κ2) is 49.7. The fourth-order valence-electron chi connectivity index (χ4n) is 7.80. The van der Waals surface area contributed by atoms with Gasteiger partial charge in [0.25, 0.3) is 0 Å². The molecule has 0 radical (unpaired) electrons. The lowest BCUT2D eigenvalue weighted by atomic mass is 10.0. The van der Waals surface area contributed by atoms with Crippen LogP contribution in [0, 0.1) is 0 Å². The molecule has 0 heterocycles. The second-order valence-corrected chi connectivity index (χ2v) is 17.8. The van der Waals surface area contributed by atoms with Crippen molar-refractivity contribution in [3.8, 4) is 0 Å². The molecule has 0 saturated carbocycles. The van der Waals surface area contributed by atoms with Crippen LogP contribution in [-0.4, -0.2) is 47.4 Å². The van der Waals surface area contributed by atoms with E-state index in [-0.39, 0.29) is 18.5 Å². The number of unbranched alkanes of at least 4 members (excludes halogenated alkanes) is 33. The number of amides is 1. The van der Waals surface area contributed by atoms with Crippen molar-refractivity contribution in [2.45, 2.75) is 283 Å². The normalized spacial score (nSPS) is 12.9. The summed E-state index contributed by atoms with van der Waals surface area (Å²) in [6.07, 6.45) is 60.1. The molecule has 0 aliphatic rings. The number of aliphatic hydroxyl groups is 2. The molecule has 2 unspecified atom stereocenters. The Morgan fingerprint density at radius 3 is 1.22 bits per heavy atom. The molecule has 3 N–H and O–H groups in total. The van der Waals surface area contributed by atoms with Crippen LogP contribution in [0.4, 0.5) is 0 Å². The Hall–Kier alpha value is -1.92. The summed E-state index contributed by atoms with van der Waals surface area (Å²) in [6.45, 7) is 4.80. The van der Waals surface area contributed by atoms with Gasteiger partial charge in [0, 0.05) is 12.8 Å². The highest BCUT2D eigenvalue weighted by molar-refractivity contribution is 5.76. The highest BCUT2D eigenvalue weighted by atomic mass is 16.5. The molecule has 0 aliphatic carbocycles. The molecule has 0 rings (SSSR count). The van der Waals surface area contributed by atoms with Crippen molar-refractivity contribution in [2.24, 2.45) is 0 Å². The molecule has 0 saturated heterocycles. The monoisotopic (exact) mass is 844 g/mol. The van der Waals surface area contributed by atoms with Crippen LogP contribution in [0.1, 0.15) is 271 Å². The van der Waals surface area contributed by atoms with Crippen LogP contribution in [0.25, 0.3) is 0 Å². The largest absolute Gasteiger partial charge is 0.466 e. The summed E-state index contributed by atoms with van der Waals surface area (Å²) < 4.78 is 5.42. The van der Waals surface area contributed by atoms with Crippen LogP contribution in [0.2, 0.25) is 0 Å². The first-order chi connectivity index (χ1) is 29.5. The molecule has 0 fully saturated rings. The van der Waals surface area contributed by atoms with Gasteiger partial charge in [-0.1, -0.05) is 211 Å². The summed E-state index contributed by atoms with van der Waals surface area (Å²) in [5.41, 5.74) is 0. The molecule has 60 heavy (non-hydrogen) atoms. The Balaban J connectivity index is 3.57. The van der Waals surface area contributed by atoms with Gasteiger partial charge in [0.05, 0.1) is 25.4 Å². The number of aliphatic hydroxyl groups excluding tert-OH is 2. The third kappa shape index (κ3) is 45.6. The van der Waals surface area contributed by atoms with E-state index >= 15 is 0 Å². The van der Waals surface area contributed by atoms with E-state index < -0.39 is 12.1 Å². The Bertz CT molecular complexity index is 977. The van der Waals surface area contributed by atoms with Crippen molar-refractivity contribution in [3.05, 3.63) is 36.5 Å². The van der Waals surface area contributed by atoms with E-state index in [0.717, 1.165) is 83.5 Å². The number of carbonyl (C=O) groups excluding carboxylic acids is 2. The van der Waals surface area contributed by atoms with Gasteiger partial charge >= 0.3 is 5.97 Å². The summed E-state index contributed by atoms with van der Waals surface area (Å²) >= 11 is 0. The molecular weight excluding hydrogens is 743 g/mol. The average Bonchev–Trinajstić information content (AvgIpc) is 3.25. The van der Waals surface area contributed by atoms with Crippen LogP contribution in [-0.2, 0) is 14.3 Å². The summed E-state index contributed by atoms with van der Waals surface area (Å²) in [7, 11) is 0. The maximum absolute atomic E-state index is 12.4. The zero-order valence-electron chi connectivity index (χ0n) is 39.9. The van der Waals surface area contributed by atoms with E-state index in [9.17, 15) is 19.8 Å². The smallest absolute Gasteiger partial charge is 0.305 e. The van der Waals surface area contributed by atoms with E-state index in [4.69, 9.17) is 4.74 Å². The van der Waals surface area contributed by atoms with Crippen LogP contribution in [0.3, 0.4) is 0 Å². The van der Waals surface area contributed by atoms with Gasteiger partial charge in [-0.25, -0.2) is 0 Å². The van der Waals surface area contributed by atoms with Crippen molar-refractivity contribution < 1.29 is 24.5 Å². The summed E-state index contributed by atoms with van der Waals surface area (Å²) in [5, 5.41) is 23.1. The molecule has 1 amide bonds. The Morgan fingerprint density at radius 1 is 0.450 bits per heavy atom. The van der Waals surface area contributed by atoms with Gasteiger partial charge in [0.15, 0.2) is 0 Å². The van der Waals surface area contributed by atoms with Crippen LogP contribution >= 0.6 is 0 Å². The van der Waals surface area contributed by atoms with Gasteiger partial charge in [0.1, 0.15) is 0 Å². The van der Waals surface area contributed by atoms with E-state index in [0.29, 0.717) is 19.4 Å². The fourth-order valence-corrected chi connectivity index (χ4v) is 7.80. The lowest BCUT2D eigenvalue weighted by molar-refractivity contribution is -0.143. The Morgan fingerprint density at radius 2 is 0.783 bits per heavy atom. The molecule has 0 aliphatic heterocycles. The minimum atomic E-state index is -0.863. The number of carbonyl (C=O) groups is 2. The Kier molecular flexibility index (Phi) is 48.1. The van der Waals surface area contributed by atoms with Gasteiger partial charge in [-0.05, 0) is 83.5 Å². The lowest BCUT2D eigenvalue weighted by Gasteiger charge is -2.20. The van der Waals surface area contributed by atoms with E-state index in [1.807, 2.05) is 6.08 Å². The topological polar surface area (TPSA) is 95.9 Å². The lowest BCUT2D eigenvalue weighted by Crippen LogP contribution is -2.45. The molecular formula is C54H101NO5. The second-order valence-electron chi connectivity index (χ2n) is 17.8. The van der Waals surface area contributed by atoms with Gasteiger partial charge in [-0.2, -0.15) is 0 Å². The van der Waals surface area contributed by atoms with Crippen LogP contribution < -0.4 is 5.32 Å². The van der Waals surface area contributed by atoms with Crippen molar-refractivity contribution in [3.63, 3.8) is 0 Å². The molecule has 0 aromatic heterocycles. The molecule has 6 nitrogen and oxygen atoms in total. The predicted octanol–water partition coefficient (Wildman–Crippen LogP) is 15.7.